The van der Waals surface area contributed by atoms with Crippen LogP contribution in [-0.2, 0) is 31.2 Å². The Labute approximate surface area is 114 Å². The van der Waals surface area contributed by atoms with Gasteiger partial charge in [0.05, 0.1) is 17.9 Å². The number of aryl methyl sites for hydroxylation is 2. The predicted molar refractivity (Wildman–Crippen MR) is 73.6 cm³/mol. The van der Waals surface area contributed by atoms with Crippen LogP contribution in [0.4, 0.5) is 0 Å². The highest BCUT2D eigenvalue weighted by Gasteiger charge is 2.50. The van der Waals surface area contributed by atoms with E-state index in [-0.39, 0.29) is 17.2 Å². The number of nitrogens with one attached hydrogen (secondary N) is 1. The van der Waals surface area contributed by atoms with Gasteiger partial charge in [-0.2, -0.15) is 5.10 Å². The lowest BCUT2D eigenvalue weighted by Crippen LogP contribution is -2.27. The molecule has 2 aliphatic carbocycles. The van der Waals surface area contributed by atoms with Crippen LogP contribution in [0.15, 0.2) is 0 Å². The molecule has 0 spiro atoms. The quantitative estimate of drug-likeness (QED) is 0.904. The number of aromatic nitrogens is 2. The molecule has 0 radical (unpaired) electrons. The Balaban J connectivity index is 1.67. The molecule has 1 N–H and O–H groups in total. The molecule has 4 heteroatoms. The average Bonchev–Trinajstić information content (AvgIpc) is 2.88. The molecule has 1 atom stereocenters. The van der Waals surface area contributed by atoms with Crippen LogP contribution >= 0.6 is 0 Å². The summed E-state index contributed by atoms with van der Waals surface area (Å²) in [5, 5.41) is 7.68. The molecule has 19 heavy (non-hydrogen) atoms. The summed E-state index contributed by atoms with van der Waals surface area (Å²) in [4.78, 5) is 12.1. The summed E-state index contributed by atoms with van der Waals surface area (Å²) in [5.41, 5.74) is 4.02. The summed E-state index contributed by atoms with van der Waals surface area (Å²) in [6, 6.07) is 0. The van der Waals surface area contributed by atoms with Gasteiger partial charge in [0.25, 0.3) is 0 Å². The number of nitrogens with zero attached hydrogens (tertiary/aromatic N) is 2. The molecule has 1 aromatic rings. The van der Waals surface area contributed by atoms with Gasteiger partial charge in [-0.05, 0) is 43.1 Å². The maximum atomic E-state index is 12.1. The van der Waals surface area contributed by atoms with Crippen LogP contribution in [0.5, 0.6) is 0 Å². The van der Waals surface area contributed by atoms with Crippen LogP contribution in [0.2, 0.25) is 0 Å². The number of hydrogen-bond acceptors (Lipinski definition) is 2. The van der Waals surface area contributed by atoms with E-state index in [1.165, 1.54) is 29.8 Å². The molecular weight excluding hydrogens is 238 g/mol. The molecule has 0 aliphatic heterocycles. The van der Waals surface area contributed by atoms with Crippen LogP contribution in [0.25, 0.3) is 0 Å². The van der Waals surface area contributed by atoms with Crippen molar-refractivity contribution in [1.29, 1.82) is 0 Å². The third-order valence-corrected chi connectivity index (χ3v) is 4.71. The van der Waals surface area contributed by atoms with E-state index in [0.717, 1.165) is 19.3 Å². The minimum Gasteiger partial charge on any atom is -0.350 e. The molecule has 0 aromatic carbocycles. The Bertz CT molecular complexity index is 516. The largest absolute Gasteiger partial charge is 0.350 e. The molecular formula is C15H23N3O. The fraction of sp³-hybridized carbons (Fsp3) is 0.733. The van der Waals surface area contributed by atoms with Crippen molar-refractivity contribution in [3.63, 3.8) is 0 Å². The predicted octanol–water partition coefficient (Wildman–Crippen LogP) is 1.96. The van der Waals surface area contributed by atoms with Crippen molar-refractivity contribution in [3.8, 4) is 0 Å². The van der Waals surface area contributed by atoms with Crippen LogP contribution < -0.4 is 5.32 Å². The topological polar surface area (TPSA) is 46.9 Å². The smallest absolute Gasteiger partial charge is 0.223 e. The van der Waals surface area contributed by atoms with Gasteiger partial charge >= 0.3 is 0 Å². The lowest BCUT2D eigenvalue weighted by atomic mass is 9.96. The third-order valence-electron chi connectivity index (χ3n) is 4.71. The van der Waals surface area contributed by atoms with Crippen molar-refractivity contribution in [3.05, 3.63) is 17.0 Å². The minimum absolute atomic E-state index is 0.204. The van der Waals surface area contributed by atoms with E-state index in [0.29, 0.717) is 6.54 Å². The fourth-order valence-corrected chi connectivity index (χ4v) is 3.18. The molecule has 1 heterocycles. The number of amides is 1. The monoisotopic (exact) mass is 261 g/mol. The summed E-state index contributed by atoms with van der Waals surface area (Å²) in [6.45, 7) is 4.94. The zero-order valence-electron chi connectivity index (χ0n) is 12.1. The molecule has 1 saturated carbocycles. The van der Waals surface area contributed by atoms with Gasteiger partial charge in [-0.25, -0.2) is 0 Å². The van der Waals surface area contributed by atoms with Crippen LogP contribution in [0, 0.1) is 11.3 Å². The zero-order valence-corrected chi connectivity index (χ0v) is 12.1. The Kier molecular flexibility index (Phi) is 2.91. The Morgan fingerprint density at radius 3 is 2.79 bits per heavy atom. The summed E-state index contributed by atoms with van der Waals surface area (Å²) in [7, 11) is 1.99. The van der Waals surface area contributed by atoms with Crippen molar-refractivity contribution >= 4 is 5.91 Å². The van der Waals surface area contributed by atoms with E-state index in [1.807, 2.05) is 11.7 Å². The fourth-order valence-electron chi connectivity index (χ4n) is 3.18. The van der Waals surface area contributed by atoms with Crippen molar-refractivity contribution in [2.75, 3.05) is 0 Å². The maximum Gasteiger partial charge on any atom is 0.223 e. The number of carbonyl (C=O) groups is 1. The van der Waals surface area contributed by atoms with Gasteiger partial charge in [-0.3, -0.25) is 9.48 Å². The maximum absolute atomic E-state index is 12.1. The number of rotatable bonds is 3. The van der Waals surface area contributed by atoms with Crippen molar-refractivity contribution in [2.24, 2.45) is 18.4 Å². The van der Waals surface area contributed by atoms with Gasteiger partial charge in [-0.1, -0.05) is 13.8 Å². The van der Waals surface area contributed by atoms with E-state index in [1.54, 1.807) is 0 Å². The third kappa shape index (κ3) is 2.28. The number of hydrogen-bond donors (Lipinski definition) is 1. The molecule has 0 saturated heterocycles. The SMILES string of the molecule is Cn1nc2c(c1CNC(=O)[C@H]1CC1(C)C)CCCC2. The summed E-state index contributed by atoms with van der Waals surface area (Å²) in [6.07, 6.45) is 5.71. The van der Waals surface area contributed by atoms with Crippen molar-refractivity contribution < 1.29 is 4.79 Å². The van der Waals surface area contributed by atoms with Crippen LogP contribution in [-0.4, -0.2) is 15.7 Å². The molecule has 3 rings (SSSR count). The second kappa shape index (κ2) is 4.36. The molecule has 0 unspecified atom stereocenters. The summed E-state index contributed by atoms with van der Waals surface area (Å²) < 4.78 is 1.95. The van der Waals surface area contributed by atoms with Crippen molar-refractivity contribution in [1.82, 2.24) is 15.1 Å². The van der Waals surface area contributed by atoms with Gasteiger partial charge in [0.15, 0.2) is 0 Å². The summed E-state index contributed by atoms with van der Waals surface area (Å²) >= 11 is 0. The van der Waals surface area contributed by atoms with Crippen LogP contribution in [0.3, 0.4) is 0 Å². The van der Waals surface area contributed by atoms with E-state index in [9.17, 15) is 4.79 Å². The molecule has 1 aromatic heterocycles. The van der Waals surface area contributed by atoms with E-state index < -0.39 is 0 Å². The second-order valence-electron chi connectivity index (χ2n) is 6.67. The van der Waals surface area contributed by atoms with Crippen LogP contribution in [0.1, 0.15) is 50.1 Å². The first-order valence-corrected chi connectivity index (χ1v) is 7.30. The van der Waals surface area contributed by atoms with Gasteiger partial charge in [-0.15, -0.1) is 0 Å². The van der Waals surface area contributed by atoms with Gasteiger partial charge in [0.1, 0.15) is 0 Å². The first kappa shape index (κ1) is 12.7. The molecule has 4 nitrogen and oxygen atoms in total. The summed E-state index contributed by atoms with van der Waals surface area (Å²) in [5.74, 6) is 0.410. The minimum atomic E-state index is 0.204. The highest BCUT2D eigenvalue weighted by Crippen LogP contribution is 2.51. The lowest BCUT2D eigenvalue weighted by Gasteiger charge is -2.12. The lowest BCUT2D eigenvalue weighted by molar-refractivity contribution is -0.123. The van der Waals surface area contributed by atoms with Crippen molar-refractivity contribution in [2.45, 2.75) is 52.5 Å². The number of fused-ring (bicyclic) bond motifs is 1. The molecule has 1 amide bonds. The highest BCUT2D eigenvalue weighted by atomic mass is 16.2. The molecule has 1 fully saturated rings. The standard InChI is InChI=1S/C15H23N3O/c1-15(2)8-11(15)14(19)16-9-13-10-6-4-5-7-12(10)17-18(13)3/h11H,4-9H2,1-3H3,(H,16,19)/t11-/m1/s1. The zero-order chi connectivity index (χ0) is 13.6. The van der Waals surface area contributed by atoms with Gasteiger partial charge in [0.2, 0.25) is 5.91 Å². The Morgan fingerprint density at radius 1 is 1.42 bits per heavy atom. The van der Waals surface area contributed by atoms with E-state index in [2.05, 4.69) is 24.3 Å². The Hall–Kier alpha value is -1.32. The van der Waals surface area contributed by atoms with E-state index >= 15 is 0 Å². The number of carbonyl (C=O) groups excluding carboxylic acids is 1. The van der Waals surface area contributed by atoms with Gasteiger partial charge < -0.3 is 5.32 Å². The average molecular weight is 261 g/mol. The molecule has 2 aliphatic rings. The van der Waals surface area contributed by atoms with Gasteiger partial charge in [0, 0.05) is 13.0 Å². The first-order chi connectivity index (χ1) is 8.99. The normalized spacial score (nSPS) is 23.8. The molecule has 104 valence electrons. The highest BCUT2D eigenvalue weighted by molar-refractivity contribution is 5.82. The molecule has 0 bridgehead atoms. The second-order valence-corrected chi connectivity index (χ2v) is 6.67. The van der Waals surface area contributed by atoms with E-state index in [4.69, 9.17) is 0 Å². The Morgan fingerprint density at radius 2 is 2.11 bits per heavy atom. The first-order valence-electron chi connectivity index (χ1n) is 7.30.